The SMILES string of the molecule is O=C(CN1C(=O)S/C(=C\c2ccc(-c3ccc([N+](=O)[O-])cc3Br)o2)C1=O)N1CCOCC1. The molecule has 0 saturated carbocycles. The molecule has 0 spiro atoms. The van der Waals surface area contributed by atoms with Gasteiger partial charge in [-0.15, -0.1) is 0 Å². The van der Waals surface area contributed by atoms with E-state index in [0.29, 0.717) is 47.9 Å². The molecule has 2 fully saturated rings. The summed E-state index contributed by atoms with van der Waals surface area (Å²) in [5.74, 6) is -0.105. The lowest BCUT2D eigenvalue weighted by atomic mass is 10.1. The molecule has 4 rings (SSSR count). The van der Waals surface area contributed by atoms with Gasteiger partial charge >= 0.3 is 0 Å². The molecule has 2 aliphatic heterocycles. The number of carbonyl (C=O) groups excluding carboxylic acids is 3. The summed E-state index contributed by atoms with van der Waals surface area (Å²) >= 11 is 4.03. The van der Waals surface area contributed by atoms with Crippen molar-refractivity contribution < 1.29 is 28.5 Å². The minimum absolute atomic E-state index is 0.0623. The van der Waals surface area contributed by atoms with Gasteiger partial charge in [0.1, 0.15) is 18.1 Å². The third-order valence-electron chi connectivity index (χ3n) is 4.86. The van der Waals surface area contributed by atoms with Crippen LogP contribution in [-0.2, 0) is 14.3 Å². The van der Waals surface area contributed by atoms with Crippen LogP contribution in [0.4, 0.5) is 10.5 Å². The normalized spacial score (nSPS) is 18.0. The first kappa shape index (κ1) is 22.2. The first-order valence-corrected chi connectivity index (χ1v) is 11.1. The van der Waals surface area contributed by atoms with Gasteiger partial charge in [0.15, 0.2) is 0 Å². The van der Waals surface area contributed by atoms with Crippen LogP contribution in [0.15, 0.2) is 44.1 Å². The molecular formula is C20H16BrN3O7S. The Labute approximate surface area is 194 Å². The van der Waals surface area contributed by atoms with E-state index in [2.05, 4.69) is 15.9 Å². The minimum Gasteiger partial charge on any atom is -0.457 e. The highest BCUT2D eigenvalue weighted by atomic mass is 79.9. The predicted octanol–water partition coefficient (Wildman–Crippen LogP) is 3.51. The van der Waals surface area contributed by atoms with Gasteiger partial charge in [0, 0.05) is 41.3 Å². The quantitative estimate of drug-likeness (QED) is 0.332. The Morgan fingerprint density at radius 3 is 2.66 bits per heavy atom. The standard InChI is InChI=1S/C20H16BrN3O7S/c21-15-9-12(24(28)29)1-3-14(15)16-4-2-13(31-16)10-17-19(26)23(20(27)32-17)11-18(25)22-5-7-30-8-6-22/h1-4,9-10H,5-8,11H2/b17-10-. The molecule has 0 atom stereocenters. The Hall–Kier alpha value is -2.96. The highest BCUT2D eigenvalue weighted by molar-refractivity contribution is 9.10. The van der Waals surface area contributed by atoms with Gasteiger partial charge in [0.05, 0.1) is 23.0 Å². The fraction of sp³-hybridized carbons (Fsp3) is 0.250. The highest BCUT2D eigenvalue weighted by Crippen LogP contribution is 2.35. The molecule has 0 bridgehead atoms. The molecule has 166 valence electrons. The third-order valence-corrected chi connectivity index (χ3v) is 6.42. The zero-order valence-electron chi connectivity index (χ0n) is 16.5. The molecular weight excluding hydrogens is 506 g/mol. The van der Waals surface area contributed by atoms with Crippen LogP contribution in [0.1, 0.15) is 5.76 Å². The fourth-order valence-corrected chi connectivity index (χ4v) is 4.59. The number of carbonyl (C=O) groups is 3. The molecule has 2 saturated heterocycles. The smallest absolute Gasteiger partial charge is 0.294 e. The lowest BCUT2D eigenvalue weighted by Gasteiger charge is -2.27. The average Bonchev–Trinajstić information content (AvgIpc) is 3.34. The number of non-ortho nitro benzene ring substituents is 1. The van der Waals surface area contributed by atoms with E-state index >= 15 is 0 Å². The van der Waals surface area contributed by atoms with Crippen LogP contribution in [0.2, 0.25) is 0 Å². The number of nitro groups is 1. The maximum atomic E-state index is 12.7. The van der Waals surface area contributed by atoms with Crippen LogP contribution in [-0.4, -0.2) is 64.6 Å². The van der Waals surface area contributed by atoms with Gasteiger partial charge in [0.25, 0.3) is 16.8 Å². The number of nitrogens with zero attached hydrogens (tertiary/aromatic N) is 3. The molecule has 0 unspecified atom stereocenters. The van der Waals surface area contributed by atoms with Crippen LogP contribution < -0.4 is 0 Å². The first-order chi connectivity index (χ1) is 15.3. The van der Waals surface area contributed by atoms with Crippen molar-refractivity contribution in [2.45, 2.75) is 0 Å². The average molecular weight is 522 g/mol. The molecule has 0 radical (unpaired) electrons. The number of furan rings is 1. The van der Waals surface area contributed by atoms with Crippen LogP contribution in [0.5, 0.6) is 0 Å². The number of ether oxygens (including phenoxy) is 1. The monoisotopic (exact) mass is 521 g/mol. The molecule has 10 nitrogen and oxygen atoms in total. The molecule has 0 N–H and O–H groups in total. The Kier molecular flexibility index (Phi) is 6.44. The summed E-state index contributed by atoms with van der Waals surface area (Å²) in [6.07, 6.45) is 1.44. The van der Waals surface area contributed by atoms with Gasteiger partial charge in [-0.25, -0.2) is 0 Å². The van der Waals surface area contributed by atoms with Gasteiger partial charge in [-0.05, 0) is 45.9 Å². The summed E-state index contributed by atoms with van der Waals surface area (Å²) in [6.45, 7) is 1.40. The van der Waals surface area contributed by atoms with Crippen molar-refractivity contribution >= 4 is 56.5 Å². The Balaban J connectivity index is 1.48. The number of imide groups is 1. The van der Waals surface area contributed by atoms with E-state index in [9.17, 15) is 24.5 Å². The molecule has 12 heteroatoms. The summed E-state index contributed by atoms with van der Waals surface area (Å²) < 4.78 is 11.4. The summed E-state index contributed by atoms with van der Waals surface area (Å²) in [4.78, 5) is 50.4. The van der Waals surface area contributed by atoms with E-state index in [1.54, 1.807) is 23.1 Å². The summed E-state index contributed by atoms with van der Waals surface area (Å²) in [7, 11) is 0. The number of morpholine rings is 1. The summed E-state index contributed by atoms with van der Waals surface area (Å²) in [5, 5.41) is 10.4. The van der Waals surface area contributed by atoms with Gasteiger partial charge in [-0.2, -0.15) is 0 Å². The Morgan fingerprint density at radius 1 is 1.22 bits per heavy atom. The molecule has 2 aromatic rings. The zero-order chi connectivity index (χ0) is 22.8. The number of hydrogen-bond donors (Lipinski definition) is 0. The van der Waals surface area contributed by atoms with E-state index in [0.717, 1.165) is 16.7 Å². The number of hydrogen-bond acceptors (Lipinski definition) is 8. The second-order valence-corrected chi connectivity index (χ2v) is 8.73. The maximum absolute atomic E-state index is 12.7. The van der Waals surface area contributed by atoms with Crippen molar-refractivity contribution in [3.05, 3.63) is 55.6 Å². The molecule has 32 heavy (non-hydrogen) atoms. The Bertz CT molecular complexity index is 1140. The van der Waals surface area contributed by atoms with Crippen molar-refractivity contribution in [3.63, 3.8) is 0 Å². The van der Waals surface area contributed by atoms with Crippen LogP contribution in [0, 0.1) is 10.1 Å². The van der Waals surface area contributed by atoms with Crippen molar-refractivity contribution in [2.24, 2.45) is 0 Å². The predicted molar refractivity (Wildman–Crippen MR) is 119 cm³/mol. The molecule has 0 aliphatic carbocycles. The maximum Gasteiger partial charge on any atom is 0.294 e. The van der Waals surface area contributed by atoms with Crippen LogP contribution in [0.25, 0.3) is 17.4 Å². The third kappa shape index (κ3) is 4.61. The molecule has 1 aromatic carbocycles. The van der Waals surface area contributed by atoms with Gasteiger partial charge in [-0.3, -0.25) is 29.4 Å². The second kappa shape index (κ2) is 9.27. The topological polar surface area (TPSA) is 123 Å². The van der Waals surface area contributed by atoms with Gasteiger partial charge < -0.3 is 14.1 Å². The number of halogens is 1. The first-order valence-electron chi connectivity index (χ1n) is 9.48. The summed E-state index contributed by atoms with van der Waals surface area (Å²) in [5.41, 5.74) is 0.534. The van der Waals surface area contributed by atoms with E-state index in [4.69, 9.17) is 9.15 Å². The van der Waals surface area contributed by atoms with Crippen molar-refractivity contribution in [1.82, 2.24) is 9.80 Å². The van der Waals surface area contributed by atoms with Crippen LogP contribution in [0.3, 0.4) is 0 Å². The van der Waals surface area contributed by atoms with E-state index in [1.807, 2.05) is 0 Å². The largest absolute Gasteiger partial charge is 0.457 e. The van der Waals surface area contributed by atoms with Crippen molar-refractivity contribution in [2.75, 3.05) is 32.8 Å². The van der Waals surface area contributed by atoms with Crippen molar-refractivity contribution in [1.29, 1.82) is 0 Å². The molecule has 3 amide bonds. The van der Waals surface area contributed by atoms with Crippen LogP contribution >= 0.6 is 27.7 Å². The van der Waals surface area contributed by atoms with E-state index in [1.165, 1.54) is 18.2 Å². The number of amides is 3. The minimum atomic E-state index is -0.559. The molecule has 3 heterocycles. The number of rotatable bonds is 5. The number of nitro benzene ring substituents is 1. The lowest BCUT2D eigenvalue weighted by molar-refractivity contribution is -0.384. The molecule has 1 aromatic heterocycles. The number of benzene rings is 1. The van der Waals surface area contributed by atoms with E-state index < -0.39 is 16.1 Å². The zero-order valence-corrected chi connectivity index (χ0v) is 18.9. The van der Waals surface area contributed by atoms with E-state index in [-0.39, 0.29) is 23.0 Å². The fourth-order valence-electron chi connectivity index (χ4n) is 3.21. The Morgan fingerprint density at radius 2 is 1.97 bits per heavy atom. The summed E-state index contributed by atoms with van der Waals surface area (Å²) in [6, 6.07) is 7.56. The highest BCUT2D eigenvalue weighted by Gasteiger charge is 2.37. The lowest BCUT2D eigenvalue weighted by Crippen LogP contribution is -2.46. The number of thioether (sulfide) groups is 1. The van der Waals surface area contributed by atoms with Gasteiger partial charge in [-0.1, -0.05) is 0 Å². The molecule has 2 aliphatic rings. The van der Waals surface area contributed by atoms with Gasteiger partial charge in [0.2, 0.25) is 5.91 Å². The van der Waals surface area contributed by atoms with Crippen molar-refractivity contribution in [3.8, 4) is 11.3 Å². The second-order valence-electron chi connectivity index (χ2n) is 6.88.